The molecule has 6 heteroatoms. The number of likely N-dealkylation sites (tertiary alicyclic amines) is 1. The molecule has 0 spiro atoms. The lowest BCUT2D eigenvalue weighted by Crippen LogP contribution is -2.43. The van der Waals surface area contributed by atoms with Gasteiger partial charge >= 0.3 is 6.09 Å². The lowest BCUT2D eigenvalue weighted by molar-refractivity contribution is -0.120. The van der Waals surface area contributed by atoms with Gasteiger partial charge in [0.25, 0.3) is 0 Å². The Morgan fingerprint density at radius 3 is 2.48 bits per heavy atom. The predicted molar refractivity (Wildman–Crippen MR) is 121 cm³/mol. The van der Waals surface area contributed by atoms with Crippen LogP contribution >= 0.6 is 0 Å². The van der Waals surface area contributed by atoms with Gasteiger partial charge < -0.3 is 15.8 Å². The number of anilines is 2. The van der Waals surface area contributed by atoms with Crippen molar-refractivity contribution in [2.45, 2.75) is 25.5 Å². The number of nitrogens with one attached hydrogen (secondary N) is 1. The lowest BCUT2D eigenvalue weighted by atomic mass is 10.0. The summed E-state index contributed by atoms with van der Waals surface area (Å²) in [6.07, 6.45) is 0.915. The average molecular weight is 415 g/mol. The highest BCUT2D eigenvalue weighted by Crippen LogP contribution is 2.25. The number of carbonyl (C=O) groups is 2. The van der Waals surface area contributed by atoms with Crippen molar-refractivity contribution in [1.29, 1.82) is 0 Å². The van der Waals surface area contributed by atoms with Crippen molar-refractivity contribution in [3.05, 3.63) is 84.4 Å². The zero-order chi connectivity index (χ0) is 21.6. The van der Waals surface area contributed by atoms with Gasteiger partial charge in [-0.15, -0.1) is 0 Å². The summed E-state index contributed by atoms with van der Waals surface area (Å²) in [4.78, 5) is 27.0. The summed E-state index contributed by atoms with van der Waals surface area (Å²) < 4.78 is 5.43. The van der Waals surface area contributed by atoms with Crippen LogP contribution in [-0.4, -0.2) is 29.5 Å². The fourth-order valence-corrected chi connectivity index (χ4v) is 3.78. The summed E-state index contributed by atoms with van der Waals surface area (Å²) in [5.41, 5.74) is 10.1. The molecule has 3 aromatic rings. The van der Waals surface area contributed by atoms with E-state index in [4.69, 9.17) is 10.5 Å². The molecule has 1 fully saturated rings. The molecule has 1 aliphatic heterocycles. The number of nitrogens with two attached hydrogens (primary N) is 1. The van der Waals surface area contributed by atoms with E-state index in [0.29, 0.717) is 24.3 Å². The second-order valence-corrected chi connectivity index (χ2v) is 7.59. The monoisotopic (exact) mass is 415 g/mol. The van der Waals surface area contributed by atoms with Crippen LogP contribution in [0.1, 0.15) is 18.4 Å². The van der Waals surface area contributed by atoms with Gasteiger partial charge in [-0.1, -0.05) is 54.6 Å². The Hall–Kier alpha value is -3.80. The minimum Gasteiger partial charge on any atom is -0.445 e. The Bertz CT molecular complexity index is 1070. The maximum atomic E-state index is 12.9. The second kappa shape index (κ2) is 9.34. The molecule has 0 unspecified atom stereocenters. The van der Waals surface area contributed by atoms with E-state index in [2.05, 4.69) is 5.32 Å². The second-order valence-electron chi connectivity index (χ2n) is 7.59. The van der Waals surface area contributed by atoms with Crippen LogP contribution in [-0.2, 0) is 16.1 Å². The van der Waals surface area contributed by atoms with Gasteiger partial charge in [0.2, 0.25) is 5.91 Å². The van der Waals surface area contributed by atoms with Crippen molar-refractivity contribution in [1.82, 2.24) is 4.90 Å². The first-order valence-corrected chi connectivity index (χ1v) is 10.3. The summed E-state index contributed by atoms with van der Waals surface area (Å²) in [5, 5.41) is 2.95. The SMILES string of the molecule is Nc1cccc(-c2cccc(NC(=O)[C@@H]3CCCN3C(=O)OCc3ccccc3)c2)c1. The van der Waals surface area contributed by atoms with Crippen LogP contribution in [0.2, 0.25) is 0 Å². The average Bonchev–Trinajstić information content (AvgIpc) is 3.29. The molecule has 1 saturated heterocycles. The van der Waals surface area contributed by atoms with Crippen LogP contribution in [0, 0.1) is 0 Å². The van der Waals surface area contributed by atoms with Crippen molar-refractivity contribution in [3.8, 4) is 11.1 Å². The van der Waals surface area contributed by atoms with Gasteiger partial charge in [-0.3, -0.25) is 9.69 Å². The molecule has 2 amide bonds. The maximum absolute atomic E-state index is 12.9. The van der Waals surface area contributed by atoms with Crippen molar-refractivity contribution >= 4 is 23.4 Å². The predicted octanol–water partition coefficient (Wildman–Crippen LogP) is 4.68. The standard InChI is InChI=1S/C25H25N3O3/c26-21-11-4-9-19(15-21)20-10-5-12-22(16-20)27-24(29)23-13-6-14-28(23)25(30)31-17-18-7-2-1-3-8-18/h1-5,7-12,15-16,23H,6,13-14,17,26H2,(H,27,29)/t23-/m0/s1. The van der Waals surface area contributed by atoms with E-state index in [-0.39, 0.29) is 12.5 Å². The highest BCUT2D eigenvalue weighted by atomic mass is 16.6. The minimum atomic E-state index is -0.542. The number of nitrogen functional groups attached to an aromatic ring is 1. The molecule has 1 aliphatic rings. The molecule has 3 aromatic carbocycles. The third kappa shape index (κ3) is 5.04. The van der Waals surface area contributed by atoms with Crippen molar-refractivity contribution in [3.63, 3.8) is 0 Å². The van der Waals surface area contributed by atoms with Gasteiger partial charge in [0, 0.05) is 17.9 Å². The zero-order valence-electron chi connectivity index (χ0n) is 17.2. The van der Waals surface area contributed by atoms with Gasteiger partial charge in [0.15, 0.2) is 0 Å². The summed E-state index contributed by atoms with van der Waals surface area (Å²) in [6, 6.07) is 24.1. The van der Waals surface area contributed by atoms with Crippen LogP contribution < -0.4 is 11.1 Å². The normalized spacial score (nSPS) is 15.5. The van der Waals surface area contributed by atoms with E-state index < -0.39 is 12.1 Å². The van der Waals surface area contributed by atoms with Crippen molar-refractivity contribution < 1.29 is 14.3 Å². The van der Waals surface area contributed by atoms with Gasteiger partial charge in [-0.25, -0.2) is 4.79 Å². The number of carbonyl (C=O) groups excluding carboxylic acids is 2. The molecule has 0 radical (unpaired) electrons. The summed E-state index contributed by atoms with van der Waals surface area (Å²) in [7, 11) is 0. The van der Waals surface area contributed by atoms with Crippen LogP contribution in [0.3, 0.4) is 0 Å². The third-order valence-electron chi connectivity index (χ3n) is 5.35. The number of amides is 2. The first kappa shape index (κ1) is 20.5. The zero-order valence-corrected chi connectivity index (χ0v) is 17.2. The number of benzene rings is 3. The molecule has 0 bridgehead atoms. The summed E-state index contributed by atoms with van der Waals surface area (Å²) >= 11 is 0. The Labute approximate surface area is 181 Å². The summed E-state index contributed by atoms with van der Waals surface area (Å²) in [5.74, 6) is -0.209. The molecule has 1 heterocycles. The number of ether oxygens (including phenoxy) is 1. The van der Waals surface area contributed by atoms with Crippen molar-refractivity contribution in [2.75, 3.05) is 17.6 Å². The molecule has 0 aromatic heterocycles. The van der Waals surface area contributed by atoms with Crippen LogP contribution in [0.4, 0.5) is 16.2 Å². The number of rotatable bonds is 5. The van der Waals surface area contributed by atoms with Gasteiger partial charge in [-0.2, -0.15) is 0 Å². The molecule has 158 valence electrons. The molecular weight excluding hydrogens is 390 g/mol. The Balaban J connectivity index is 1.40. The molecule has 31 heavy (non-hydrogen) atoms. The minimum absolute atomic E-state index is 0.187. The quantitative estimate of drug-likeness (QED) is 0.593. The van der Waals surface area contributed by atoms with E-state index in [9.17, 15) is 9.59 Å². The van der Waals surface area contributed by atoms with Crippen LogP contribution in [0.25, 0.3) is 11.1 Å². The number of hydrogen-bond donors (Lipinski definition) is 2. The first-order chi connectivity index (χ1) is 15.1. The highest BCUT2D eigenvalue weighted by Gasteiger charge is 2.35. The maximum Gasteiger partial charge on any atom is 0.410 e. The third-order valence-corrected chi connectivity index (χ3v) is 5.35. The van der Waals surface area contributed by atoms with E-state index in [0.717, 1.165) is 23.1 Å². The fraction of sp³-hybridized carbons (Fsp3) is 0.200. The largest absolute Gasteiger partial charge is 0.445 e. The van der Waals surface area contributed by atoms with E-state index in [1.807, 2.05) is 78.9 Å². The molecule has 0 aliphatic carbocycles. The number of nitrogens with zero attached hydrogens (tertiary/aromatic N) is 1. The summed E-state index contributed by atoms with van der Waals surface area (Å²) in [6.45, 7) is 0.696. The Morgan fingerprint density at radius 1 is 0.968 bits per heavy atom. The smallest absolute Gasteiger partial charge is 0.410 e. The van der Waals surface area contributed by atoms with Crippen LogP contribution in [0.5, 0.6) is 0 Å². The molecule has 0 saturated carbocycles. The Kier molecular flexibility index (Phi) is 6.17. The molecular formula is C25H25N3O3. The first-order valence-electron chi connectivity index (χ1n) is 10.3. The van der Waals surface area contributed by atoms with Crippen LogP contribution in [0.15, 0.2) is 78.9 Å². The molecule has 4 rings (SSSR count). The lowest BCUT2D eigenvalue weighted by Gasteiger charge is -2.23. The number of hydrogen-bond acceptors (Lipinski definition) is 4. The molecule has 6 nitrogen and oxygen atoms in total. The molecule has 1 atom stereocenters. The molecule has 3 N–H and O–H groups in total. The topological polar surface area (TPSA) is 84.7 Å². The fourth-order valence-electron chi connectivity index (χ4n) is 3.78. The van der Waals surface area contributed by atoms with E-state index in [1.54, 1.807) is 0 Å². The Morgan fingerprint density at radius 2 is 1.71 bits per heavy atom. The van der Waals surface area contributed by atoms with Gasteiger partial charge in [0.1, 0.15) is 12.6 Å². The van der Waals surface area contributed by atoms with Gasteiger partial charge in [0.05, 0.1) is 0 Å². The van der Waals surface area contributed by atoms with E-state index >= 15 is 0 Å². The van der Waals surface area contributed by atoms with E-state index in [1.165, 1.54) is 4.90 Å². The van der Waals surface area contributed by atoms with Crippen molar-refractivity contribution in [2.24, 2.45) is 0 Å². The highest BCUT2D eigenvalue weighted by molar-refractivity contribution is 5.97. The van der Waals surface area contributed by atoms with Gasteiger partial charge in [-0.05, 0) is 53.8 Å².